The molecule has 1 aliphatic rings. The van der Waals surface area contributed by atoms with Crippen molar-refractivity contribution in [3.63, 3.8) is 0 Å². The topological polar surface area (TPSA) is 49.9 Å². The lowest BCUT2D eigenvalue weighted by Crippen LogP contribution is -2.33. The van der Waals surface area contributed by atoms with Gasteiger partial charge in [0.25, 0.3) is 0 Å². The number of hydrogen-bond acceptors (Lipinski definition) is 3. The summed E-state index contributed by atoms with van der Waals surface area (Å²) in [4.78, 5) is 7.47. The zero-order chi connectivity index (χ0) is 19.3. The second kappa shape index (κ2) is 8.78. The average Bonchev–Trinajstić information content (AvgIpc) is 3.16. The van der Waals surface area contributed by atoms with Crippen molar-refractivity contribution in [3.8, 4) is 5.75 Å². The van der Waals surface area contributed by atoms with Crippen LogP contribution < -0.4 is 10.1 Å². The van der Waals surface area contributed by atoms with E-state index in [0.29, 0.717) is 12.0 Å². The van der Waals surface area contributed by atoms with Crippen LogP contribution in [0.15, 0.2) is 48.8 Å². The van der Waals surface area contributed by atoms with Gasteiger partial charge in [-0.1, -0.05) is 25.1 Å². The Morgan fingerprint density at radius 1 is 1.21 bits per heavy atom. The van der Waals surface area contributed by atoms with E-state index in [1.54, 1.807) is 6.33 Å². The summed E-state index contributed by atoms with van der Waals surface area (Å²) in [6.07, 6.45) is 7.03. The van der Waals surface area contributed by atoms with Crippen LogP contribution in [0.4, 0.5) is 0 Å². The molecule has 4 nitrogen and oxygen atoms in total. The lowest BCUT2D eigenvalue weighted by atomic mass is 9.79. The number of hydrogen-bond donors (Lipinski definition) is 2. The normalized spacial score (nSPS) is 20.9. The molecule has 3 atom stereocenters. The molecule has 0 saturated heterocycles. The first kappa shape index (κ1) is 19.0. The Labute approximate surface area is 167 Å². The van der Waals surface area contributed by atoms with Gasteiger partial charge in [0.15, 0.2) is 0 Å². The van der Waals surface area contributed by atoms with E-state index in [0.717, 1.165) is 42.2 Å². The summed E-state index contributed by atoms with van der Waals surface area (Å²) < 4.78 is 6.29. The van der Waals surface area contributed by atoms with Gasteiger partial charge in [-0.2, -0.15) is 0 Å². The maximum absolute atomic E-state index is 6.29. The monoisotopic (exact) mass is 377 g/mol. The molecular formula is C24H31N3O. The maximum atomic E-state index is 6.29. The molecule has 0 amide bonds. The number of nitrogens with zero attached hydrogens (tertiary/aromatic N) is 1. The van der Waals surface area contributed by atoms with Gasteiger partial charge in [0.1, 0.15) is 5.75 Å². The molecule has 2 N–H and O–H groups in total. The number of fused-ring (bicyclic) bond motifs is 1. The third kappa shape index (κ3) is 4.74. The van der Waals surface area contributed by atoms with E-state index in [1.165, 1.54) is 30.4 Å². The van der Waals surface area contributed by atoms with Crippen molar-refractivity contribution in [2.45, 2.75) is 52.2 Å². The van der Waals surface area contributed by atoms with Crippen LogP contribution in [-0.2, 0) is 6.54 Å². The number of benzene rings is 2. The minimum atomic E-state index is 0.353. The van der Waals surface area contributed by atoms with Crippen LogP contribution in [0.1, 0.15) is 43.7 Å². The van der Waals surface area contributed by atoms with Crippen molar-refractivity contribution >= 4 is 11.0 Å². The van der Waals surface area contributed by atoms with Crippen LogP contribution in [0.3, 0.4) is 0 Å². The van der Waals surface area contributed by atoms with Gasteiger partial charge in [-0.05, 0) is 86.4 Å². The minimum absolute atomic E-state index is 0.353. The highest BCUT2D eigenvalue weighted by atomic mass is 16.5. The molecule has 0 radical (unpaired) electrons. The Hall–Kier alpha value is -2.33. The van der Waals surface area contributed by atoms with Gasteiger partial charge < -0.3 is 15.0 Å². The smallest absolute Gasteiger partial charge is 0.119 e. The van der Waals surface area contributed by atoms with Crippen molar-refractivity contribution in [2.24, 2.45) is 11.8 Å². The first-order valence-corrected chi connectivity index (χ1v) is 10.5. The fourth-order valence-corrected chi connectivity index (χ4v) is 4.39. The first-order chi connectivity index (χ1) is 13.7. The highest BCUT2D eigenvalue weighted by molar-refractivity contribution is 5.74. The second-order valence-corrected chi connectivity index (χ2v) is 8.35. The van der Waals surface area contributed by atoms with Gasteiger partial charge in [0, 0.05) is 6.54 Å². The summed E-state index contributed by atoms with van der Waals surface area (Å²) in [5, 5.41) is 3.65. The fourth-order valence-electron chi connectivity index (χ4n) is 4.39. The molecule has 0 aliphatic heterocycles. The number of ether oxygens (including phenoxy) is 1. The fraction of sp³-hybridized carbons (Fsp3) is 0.458. The number of nitrogens with one attached hydrogen (secondary N) is 2. The van der Waals surface area contributed by atoms with Crippen LogP contribution in [0.2, 0.25) is 0 Å². The Balaban J connectivity index is 1.26. The number of aromatic nitrogens is 2. The van der Waals surface area contributed by atoms with E-state index in [-0.39, 0.29) is 0 Å². The molecule has 148 valence electrons. The quantitative estimate of drug-likeness (QED) is 0.592. The summed E-state index contributed by atoms with van der Waals surface area (Å²) in [5.74, 6) is 2.40. The van der Waals surface area contributed by atoms with E-state index in [4.69, 9.17) is 4.74 Å². The predicted molar refractivity (Wildman–Crippen MR) is 115 cm³/mol. The Morgan fingerprint density at radius 3 is 3.04 bits per heavy atom. The summed E-state index contributed by atoms with van der Waals surface area (Å²) in [7, 11) is 0. The van der Waals surface area contributed by atoms with E-state index in [9.17, 15) is 0 Å². The zero-order valence-electron chi connectivity index (χ0n) is 16.9. The number of H-pyrrole nitrogens is 1. The Kier molecular flexibility index (Phi) is 5.96. The lowest BCUT2D eigenvalue weighted by Gasteiger charge is -2.33. The Morgan fingerprint density at radius 2 is 2.14 bits per heavy atom. The molecule has 1 fully saturated rings. The molecule has 1 aliphatic carbocycles. The molecule has 1 saturated carbocycles. The molecule has 4 heteroatoms. The first-order valence-electron chi connectivity index (χ1n) is 10.5. The van der Waals surface area contributed by atoms with Crippen molar-refractivity contribution < 1.29 is 4.74 Å². The van der Waals surface area contributed by atoms with Crippen molar-refractivity contribution in [1.82, 2.24) is 15.3 Å². The van der Waals surface area contributed by atoms with Crippen molar-refractivity contribution in [2.75, 3.05) is 6.54 Å². The van der Waals surface area contributed by atoms with Gasteiger partial charge in [0.05, 0.1) is 23.5 Å². The molecule has 1 heterocycles. The molecular weight excluding hydrogens is 346 g/mol. The molecule has 3 aromatic rings. The second-order valence-electron chi connectivity index (χ2n) is 8.35. The molecule has 0 bridgehead atoms. The maximum Gasteiger partial charge on any atom is 0.119 e. The van der Waals surface area contributed by atoms with E-state index >= 15 is 0 Å². The SMILES string of the molecule is Cc1cccc(O[C@@H]2CCC[C@H]([C@H](C)CNCc3ccc4nc[nH]c4c3)C2)c1. The van der Waals surface area contributed by atoms with E-state index < -0.39 is 0 Å². The van der Waals surface area contributed by atoms with Crippen LogP contribution in [-0.4, -0.2) is 22.6 Å². The molecule has 0 unspecified atom stereocenters. The van der Waals surface area contributed by atoms with Gasteiger partial charge >= 0.3 is 0 Å². The van der Waals surface area contributed by atoms with Crippen LogP contribution in [0, 0.1) is 18.8 Å². The average molecular weight is 378 g/mol. The van der Waals surface area contributed by atoms with E-state index in [1.807, 2.05) is 0 Å². The minimum Gasteiger partial charge on any atom is -0.490 e. The molecule has 0 spiro atoms. The zero-order valence-corrected chi connectivity index (χ0v) is 16.9. The summed E-state index contributed by atoms with van der Waals surface area (Å²) in [6.45, 7) is 6.44. The molecule has 1 aromatic heterocycles. The number of aromatic amines is 1. The Bertz CT molecular complexity index is 904. The molecule has 28 heavy (non-hydrogen) atoms. The predicted octanol–water partition coefficient (Wildman–Crippen LogP) is 5.23. The van der Waals surface area contributed by atoms with Crippen molar-refractivity contribution in [1.29, 1.82) is 0 Å². The number of imidazole rings is 1. The third-order valence-corrected chi connectivity index (χ3v) is 6.04. The highest BCUT2D eigenvalue weighted by Crippen LogP contribution is 2.32. The van der Waals surface area contributed by atoms with Gasteiger partial charge in [-0.25, -0.2) is 4.98 Å². The standard InChI is InChI=1S/C24H31N3O/c1-17-5-3-7-21(11-17)28-22-8-4-6-20(13-22)18(2)14-25-15-19-9-10-23-24(12-19)27-16-26-23/h3,5,7,9-12,16,18,20,22,25H,4,6,8,13-15H2,1-2H3,(H,26,27)/t18-,20+,22-/m1/s1. The van der Waals surface area contributed by atoms with Crippen LogP contribution in [0.5, 0.6) is 5.75 Å². The number of aryl methyl sites for hydroxylation is 1. The molecule has 4 rings (SSSR count). The van der Waals surface area contributed by atoms with E-state index in [2.05, 4.69) is 71.6 Å². The highest BCUT2D eigenvalue weighted by Gasteiger charge is 2.27. The third-order valence-electron chi connectivity index (χ3n) is 6.04. The van der Waals surface area contributed by atoms with Gasteiger partial charge in [-0.15, -0.1) is 0 Å². The summed E-state index contributed by atoms with van der Waals surface area (Å²) in [5.41, 5.74) is 4.69. The van der Waals surface area contributed by atoms with Crippen LogP contribution >= 0.6 is 0 Å². The van der Waals surface area contributed by atoms with Crippen LogP contribution in [0.25, 0.3) is 11.0 Å². The lowest BCUT2D eigenvalue weighted by molar-refractivity contribution is 0.102. The largest absolute Gasteiger partial charge is 0.490 e. The van der Waals surface area contributed by atoms with Gasteiger partial charge in [0.2, 0.25) is 0 Å². The summed E-state index contributed by atoms with van der Waals surface area (Å²) >= 11 is 0. The molecule has 2 aromatic carbocycles. The van der Waals surface area contributed by atoms with Crippen molar-refractivity contribution in [3.05, 3.63) is 59.9 Å². The van der Waals surface area contributed by atoms with Gasteiger partial charge in [-0.3, -0.25) is 0 Å². The number of rotatable bonds is 7. The summed E-state index contributed by atoms with van der Waals surface area (Å²) in [6, 6.07) is 14.9.